The number of nitrogens with zero attached hydrogens (tertiary/aromatic N) is 1. The third-order valence-corrected chi connectivity index (χ3v) is 5.94. The number of furan rings is 1. The first-order valence-electron chi connectivity index (χ1n) is 8.40. The van der Waals surface area contributed by atoms with Gasteiger partial charge in [-0.1, -0.05) is 0 Å². The molecule has 0 radical (unpaired) electrons. The quantitative estimate of drug-likeness (QED) is 0.466. The van der Waals surface area contributed by atoms with Crippen LogP contribution in [-0.4, -0.2) is 23.3 Å². The van der Waals surface area contributed by atoms with E-state index in [4.69, 9.17) is 9.15 Å². The van der Waals surface area contributed by atoms with E-state index in [2.05, 4.69) is 0 Å². The summed E-state index contributed by atoms with van der Waals surface area (Å²) in [6.45, 7) is -0.278. The first-order chi connectivity index (χ1) is 11.4. The highest BCUT2D eigenvalue weighted by molar-refractivity contribution is 5.91. The van der Waals surface area contributed by atoms with E-state index < -0.39 is 16.8 Å². The first-order valence-corrected chi connectivity index (χ1v) is 8.40. The fraction of sp³-hybridized carbons (Fsp3) is 0.647. The molecule has 5 rings (SSSR count). The van der Waals surface area contributed by atoms with E-state index in [0.29, 0.717) is 17.8 Å². The Morgan fingerprint density at radius 2 is 1.75 bits per heavy atom. The molecule has 1 aromatic rings. The van der Waals surface area contributed by atoms with Crippen molar-refractivity contribution in [1.29, 1.82) is 0 Å². The molecule has 0 atom stereocenters. The molecule has 0 unspecified atom stereocenters. The van der Waals surface area contributed by atoms with Crippen molar-refractivity contribution in [3.05, 3.63) is 28.0 Å². The largest absolute Gasteiger partial charge is 0.452 e. The summed E-state index contributed by atoms with van der Waals surface area (Å²) in [7, 11) is 0. The van der Waals surface area contributed by atoms with Crippen molar-refractivity contribution >= 4 is 17.6 Å². The highest BCUT2D eigenvalue weighted by atomic mass is 16.7. The van der Waals surface area contributed by atoms with Gasteiger partial charge in [-0.2, -0.15) is 0 Å². The maximum Gasteiger partial charge on any atom is 0.433 e. The Kier molecular flexibility index (Phi) is 3.47. The van der Waals surface area contributed by atoms with Crippen LogP contribution in [0.25, 0.3) is 0 Å². The molecule has 0 amide bonds. The molecule has 0 N–H and O–H groups in total. The molecule has 4 saturated carbocycles. The molecule has 0 aliphatic heterocycles. The van der Waals surface area contributed by atoms with Crippen LogP contribution in [0.4, 0.5) is 5.88 Å². The van der Waals surface area contributed by atoms with Gasteiger partial charge in [0, 0.05) is 5.41 Å². The first kappa shape index (κ1) is 15.4. The monoisotopic (exact) mass is 333 g/mol. The summed E-state index contributed by atoms with van der Waals surface area (Å²) >= 11 is 0. The van der Waals surface area contributed by atoms with Gasteiger partial charge in [-0.15, -0.1) is 0 Å². The summed E-state index contributed by atoms with van der Waals surface area (Å²) in [5.74, 6) is 0.322. The second-order valence-corrected chi connectivity index (χ2v) is 7.59. The van der Waals surface area contributed by atoms with E-state index in [1.54, 1.807) is 0 Å². The summed E-state index contributed by atoms with van der Waals surface area (Å²) in [5, 5.41) is 10.6. The molecular weight excluding hydrogens is 314 g/mol. The molecule has 7 nitrogen and oxygen atoms in total. The van der Waals surface area contributed by atoms with Gasteiger partial charge in [-0.3, -0.25) is 14.9 Å². The minimum atomic E-state index is -0.832. The fourth-order valence-electron chi connectivity index (χ4n) is 5.34. The minimum absolute atomic E-state index is 0.00370. The van der Waals surface area contributed by atoms with Gasteiger partial charge in [0.25, 0.3) is 0 Å². The molecule has 24 heavy (non-hydrogen) atoms. The summed E-state index contributed by atoms with van der Waals surface area (Å²) in [6, 6.07) is 2.28. The van der Waals surface area contributed by atoms with Crippen LogP contribution in [-0.2, 0) is 9.53 Å². The second kappa shape index (κ2) is 5.43. The van der Waals surface area contributed by atoms with Crippen LogP contribution in [0.1, 0.15) is 49.1 Å². The number of ketones is 1. The fourth-order valence-corrected chi connectivity index (χ4v) is 5.34. The number of Topliss-reactive ketones (excluding diaryl/α,β-unsaturated/α-hetero) is 1. The van der Waals surface area contributed by atoms with Crippen molar-refractivity contribution in [2.24, 2.45) is 23.2 Å². The predicted octanol–water partition coefficient (Wildman–Crippen LogP) is 3.13. The number of ether oxygens (including phenoxy) is 1. The summed E-state index contributed by atoms with van der Waals surface area (Å²) in [4.78, 5) is 34.5. The number of hydrogen-bond donors (Lipinski definition) is 0. The molecule has 0 saturated heterocycles. The maximum atomic E-state index is 12.7. The van der Waals surface area contributed by atoms with Crippen LogP contribution >= 0.6 is 0 Å². The van der Waals surface area contributed by atoms with Crippen molar-refractivity contribution in [3.8, 4) is 0 Å². The standard InChI is InChI=1S/C17H19NO6/c19-14(9-23-16(20)13-1-2-15(24-13)18(21)22)17-6-10-3-11(7-17)5-12(4-10)8-17/h1-2,10-12H,3-9H2. The maximum absolute atomic E-state index is 12.7. The Morgan fingerprint density at radius 1 is 1.17 bits per heavy atom. The Hall–Kier alpha value is -2.18. The van der Waals surface area contributed by atoms with Crippen LogP contribution in [0.2, 0.25) is 0 Å². The van der Waals surface area contributed by atoms with Gasteiger partial charge in [0.15, 0.2) is 12.4 Å². The molecule has 1 aromatic heterocycles. The van der Waals surface area contributed by atoms with Crippen molar-refractivity contribution in [3.63, 3.8) is 0 Å². The molecule has 0 aromatic carbocycles. The Morgan fingerprint density at radius 3 is 2.25 bits per heavy atom. The lowest BCUT2D eigenvalue weighted by Gasteiger charge is -2.55. The van der Waals surface area contributed by atoms with Crippen molar-refractivity contribution in [2.75, 3.05) is 6.61 Å². The average Bonchev–Trinajstić information content (AvgIpc) is 3.01. The Bertz CT molecular complexity index is 670. The molecule has 128 valence electrons. The van der Waals surface area contributed by atoms with Crippen LogP contribution in [0.3, 0.4) is 0 Å². The zero-order valence-corrected chi connectivity index (χ0v) is 13.2. The Balaban J connectivity index is 1.39. The molecule has 1 heterocycles. The normalized spacial score (nSPS) is 33.4. The molecular formula is C17H19NO6. The molecule has 4 bridgehead atoms. The molecule has 4 aliphatic carbocycles. The van der Waals surface area contributed by atoms with E-state index in [-0.39, 0.29) is 23.6 Å². The third-order valence-electron chi connectivity index (χ3n) is 5.94. The summed E-state index contributed by atoms with van der Waals surface area (Å²) in [5.41, 5.74) is -0.315. The lowest BCUT2D eigenvalue weighted by atomic mass is 9.48. The SMILES string of the molecule is O=C(OCC(=O)C12CC3CC(CC(C3)C1)C2)c1ccc([N+](=O)[O-])o1. The van der Waals surface area contributed by atoms with Crippen LogP contribution in [0, 0.1) is 33.3 Å². The van der Waals surface area contributed by atoms with Gasteiger partial charge in [-0.25, -0.2) is 4.79 Å². The number of hydrogen-bond acceptors (Lipinski definition) is 6. The van der Waals surface area contributed by atoms with Crippen LogP contribution in [0.15, 0.2) is 16.5 Å². The van der Waals surface area contributed by atoms with E-state index >= 15 is 0 Å². The van der Waals surface area contributed by atoms with Crippen molar-refractivity contribution < 1.29 is 23.7 Å². The smallest absolute Gasteiger partial charge is 0.433 e. The number of rotatable bonds is 5. The molecule has 0 spiro atoms. The van der Waals surface area contributed by atoms with Crippen molar-refractivity contribution in [2.45, 2.75) is 38.5 Å². The molecule has 4 fully saturated rings. The van der Waals surface area contributed by atoms with E-state index in [0.717, 1.165) is 25.3 Å². The highest BCUT2D eigenvalue weighted by Gasteiger charge is 2.54. The van der Waals surface area contributed by atoms with Crippen LogP contribution < -0.4 is 0 Å². The third kappa shape index (κ3) is 2.52. The number of carbonyl (C=O) groups is 2. The van der Waals surface area contributed by atoms with Gasteiger partial charge in [0.2, 0.25) is 5.76 Å². The molecule has 4 aliphatic rings. The zero-order chi connectivity index (χ0) is 16.9. The average molecular weight is 333 g/mol. The number of esters is 1. The minimum Gasteiger partial charge on any atom is -0.452 e. The van der Waals surface area contributed by atoms with Gasteiger partial charge >= 0.3 is 11.9 Å². The van der Waals surface area contributed by atoms with Crippen LogP contribution in [0.5, 0.6) is 0 Å². The highest BCUT2D eigenvalue weighted by Crippen LogP contribution is 2.60. The summed E-state index contributed by atoms with van der Waals surface area (Å²) in [6.07, 6.45) is 6.47. The Labute approximate surface area is 138 Å². The lowest BCUT2D eigenvalue weighted by Crippen LogP contribution is -2.51. The second-order valence-electron chi connectivity index (χ2n) is 7.59. The topological polar surface area (TPSA) is 99.7 Å². The number of nitro groups is 1. The van der Waals surface area contributed by atoms with Gasteiger partial charge in [0.05, 0.1) is 6.07 Å². The van der Waals surface area contributed by atoms with E-state index in [9.17, 15) is 19.7 Å². The van der Waals surface area contributed by atoms with E-state index in [1.165, 1.54) is 25.3 Å². The van der Waals surface area contributed by atoms with Gasteiger partial charge in [0.1, 0.15) is 4.92 Å². The lowest BCUT2D eigenvalue weighted by molar-refractivity contribution is -0.402. The van der Waals surface area contributed by atoms with Gasteiger partial charge in [-0.05, 0) is 62.3 Å². The predicted molar refractivity (Wildman–Crippen MR) is 81.3 cm³/mol. The molecule has 7 heteroatoms. The zero-order valence-electron chi connectivity index (χ0n) is 13.2. The van der Waals surface area contributed by atoms with Gasteiger partial charge < -0.3 is 9.15 Å². The summed E-state index contributed by atoms with van der Waals surface area (Å²) < 4.78 is 9.87. The van der Waals surface area contributed by atoms with E-state index in [1.807, 2.05) is 0 Å². The number of carbonyl (C=O) groups excluding carboxylic acids is 2. The van der Waals surface area contributed by atoms with Crippen molar-refractivity contribution in [1.82, 2.24) is 0 Å².